The number of carboxylic acids is 1. The fraction of sp³-hybridized carbons (Fsp3) is 0.571. The largest absolute Gasteiger partial charge is 0.477 e. The summed E-state index contributed by atoms with van der Waals surface area (Å²) < 4.78 is 0. The molecule has 1 aromatic heterocycles. The molecule has 7 nitrogen and oxygen atoms in total. The second-order valence-electron chi connectivity index (χ2n) is 6.25. The van der Waals surface area contributed by atoms with Gasteiger partial charge in [0.1, 0.15) is 17.6 Å². The zero-order valence-corrected chi connectivity index (χ0v) is 12.1. The molecule has 1 unspecified atom stereocenters. The highest BCUT2D eigenvalue weighted by Gasteiger charge is 2.28. The standard InChI is InChI=1S/C14H19N3O4/c1-14(2)5-3-4-9(7-14)16-12-6-10(13(18)19)11(8-15-12)17(20)21/h6,8-9H,3-5,7H2,1-2H3,(H,15,16)(H,18,19). The fourth-order valence-corrected chi connectivity index (χ4v) is 2.87. The van der Waals surface area contributed by atoms with Crippen LogP contribution in [0.1, 0.15) is 49.9 Å². The van der Waals surface area contributed by atoms with E-state index >= 15 is 0 Å². The number of hydrogen-bond acceptors (Lipinski definition) is 5. The first-order chi connectivity index (χ1) is 9.78. The van der Waals surface area contributed by atoms with Gasteiger partial charge in [-0.05, 0) is 24.7 Å². The summed E-state index contributed by atoms with van der Waals surface area (Å²) in [5.41, 5.74) is -0.587. The van der Waals surface area contributed by atoms with Gasteiger partial charge in [0.2, 0.25) is 0 Å². The van der Waals surface area contributed by atoms with Crippen LogP contribution in [-0.4, -0.2) is 27.0 Å². The lowest BCUT2D eigenvalue weighted by Gasteiger charge is -2.35. The van der Waals surface area contributed by atoms with E-state index in [1.165, 1.54) is 12.5 Å². The SMILES string of the molecule is CC1(C)CCCC(Nc2cc(C(=O)O)c([N+](=O)[O-])cn2)C1. The summed E-state index contributed by atoms with van der Waals surface area (Å²) in [5.74, 6) is -0.947. The summed E-state index contributed by atoms with van der Waals surface area (Å²) in [4.78, 5) is 25.1. The summed E-state index contributed by atoms with van der Waals surface area (Å²) in [7, 11) is 0. The predicted molar refractivity (Wildman–Crippen MR) is 77.5 cm³/mol. The van der Waals surface area contributed by atoms with Crippen LogP contribution in [-0.2, 0) is 0 Å². The highest BCUT2D eigenvalue weighted by molar-refractivity contribution is 5.93. The van der Waals surface area contributed by atoms with Crippen LogP contribution in [0.25, 0.3) is 0 Å². The van der Waals surface area contributed by atoms with E-state index in [0.29, 0.717) is 5.82 Å². The fourth-order valence-electron chi connectivity index (χ4n) is 2.87. The van der Waals surface area contributed by atoms with Gasteiger partial charge >= 0.3 is 11.7 Å². The minimum absolute atomic E-state index is 0.212. The first-order valence-electron chi connectivity index (χ1n) is 6.93. The van der Waals surface area contributed by atoms with Crippen LogP contribution in [0.15, 0.2) is 12.3 Å². The van der Waals surface area contributed by atoms with Gasteiger partial charge in [-0.2, -0.15) is 0 Å². The van der Waals surface area contributed by atoms with Gasteiger partial charge < -0.3 is 10.4 Å². The van der Waals surface area contributed by atoms with E-state index in [1.54, 1.807) is 0 Å². The first kappa shape index (κ1) is 15.2. The molecule has 0 amide bonds. The number of nitrogens with zero attached hydrogens (tertiary/aromatic N) is 2. The van der Waals surface area contributed by atoms with Gasteiger partial charge in [-0.25, -0.2) is 9.78 Å². The van der Waals surface area contributed by atoms with Crippen molar-refractivity contribution in [1.29, 1.82) is 0 Å². The minimum Gasteiger partial charge on any atom is -0.477 e. The predicted octanol–water partition coefficient (Wildman–Crippen LogP) is 3.07. The molecule has 2 N–H and O–H groups in total. The van der Waals surface area contributed by atoms with Crippen molar-refractivity contribution in [3.63, 3.8) is 0 Å². The lowest BCUT2D eigenvalue weighted by atomic mass is 9.75. The maximum absolute atomic E-state index is 11.1. The van der Waals surface area contributed by atoms with E-state index in [0.717, 1.165) is 25.5 Å². The zero-order chi connectivity index (χ0) is 15.6. The number of carboxylic acid groups (broad SMARTS) is 1. The summed E-state index contributed by atoms with van der Waals surface area (Å²) in [6, 6.07) is 1.45. The molecule has 0 aliphatic heterocycles. The lowest BCUT2D eigenvalue weighted by molar-refractivity contribution is -0.385. The Morgan fingerprint density at radius 3 is 2.86 bits per heavy atom. The molecule has 1 aromatic rings. The molecule has 0 spiro atoms. The van der Waals surface area contributed by atoms with Gasteiger partial charge in [0.25, 0.3) is 0 Å². The van der Waals surface area contributed by atoms with Gasteiger partial charge in [-0.3, -0.25) is 10.1 Å². The molecule has 0 aromatic carbocycles. The molecular weight excluding hydrogens is 274 g/mol. The van der Waals surface area contributed by atoms with Crippen LogP contribution in [0, 0.1) is 15.5 Å². The molecule has 1 heterocycles. The monoisotopic (exact) mass is 293 g/mol. The molecule has 2 rings (SSSR count). The van der Waals surface area contributed by atoms with Crippen molar-refractivity contribution < 1.29 is 14.8 Å². The summed E-state index contributed by atoms with van der Waals surface area (Å²) in [6.07, 6.45) is 5.22. The van der Waals surface area contributed by atoms with Crippen molar-refractivity contribution in [2.24, 2.45) is 5.41 Å². The molecule has 114 valence electrons. The van der Waals surface area contributed by atoms with Crippen LogP contribution in [0.5, 0.6) is 0 Å². The summed E-state index contributed by atoms with van der Waals surface area (Å²) in [6.45, 7) is 4.40. The van der Waals surface area contributed by atoms with Crippen molar-refractivity contribution >= 4 is 17.5 Å². The van der Waals surface area contributed by atoms with Crippen molar-refractivity contribution in [1.82, 2.24) is 4.98 Å². The molecular formula is C14H19N3O4. The quantitative estimate of drug-likeness (QED) is 0.652. The van der Waals surface area contributed by atoms with Gasteiger partial charge in [-0.1, -0.05) is 20.3 Å². The van der Waals surface area contributed by atoms with Gasteiger partial charge in [0.15, 0.2) is 0 Å². The van der Waals surface area contributed by atoms with Crippen LogP contribution in [0.4, 0.5) is 11.5 Å². The number of aromatic carboxylic acids is 1. The van der Waals surface area contributed by atoms with E-state index in [9.17, 15) is 14.9 Å². The Labute approximate surface area is 122 Å². The molecule has 1 fully saturated rings. The third-order valence-electron chi connectivity index (χ3n) is 3.87. The average molecular weight is 293 g/mol. The molecule has 0 saturated heterocycles. The Morgan fingerprint density at radius 2 is 2.29 bits per heavy atom. The number of hydrogen-bond donors (Lipinski definition) is 2. The zero-order valence-electron chi connectivity index (χ0n) is 12.1. The number of rotatable bonds is 4. The number of pyridine rings is 1. The highest BCUT2D eigenvalue weighted by Crippen LogP contribution is 2.36. The van der Waals surface area contributed by atoms with Gasteiger partial charge in [0, 0.05) is 12.1 Å². The molecule has 21 heavy (non-hydrogen) atoms. The van der Waals surface area contributed by atoms with Crippen molar-refractivity contribution in [2.75, 3.05) is 5.32 Å². The van der Waals surface area contributed by atoms with Crippen LogP contribution in [0.2, 0.25) is 0 Å². The molecule has 1 aliphatic carbocycles. The number of nitrogens with one attached hydrogen (secondary N) is 1. The Bertz CT molecular complexity index is 571. The number of nitro groups is 1. The lowest BCUT2D eigenvalue weighted by Crippen LogP contribution is -2.32. The minimum atomic E-state index is -1.32. The molecule has 1 atom stereocenters. The summed E-state index contributed by atoms with van der Waals surface area (Å²) >= 11 is 0. The van der Waals surface area contributed by atoms with E-state index in [-0.39, 0.29) is 17.0 Å². The third kappa shape index (κ3) is 3.68. The van der Waals surface area contributed by atoms with Crippen molar-refractivity contribution in [2.45, 2.75) is 45.6 Å². The molecule has 1 aliphatic rings. The average Bonchev–Trinajstić information content (AvgIpc) is 2.37. The van der Waals surface area contributed by atoms with Crippen LogP contribution >= 0.6 is 0 Å². The smallest absolute Gasteiger partial charge is 0.342 e. The van der Waals surface area contributed by atoms with Gasteiger partial charge in [-0.15, -0.1) is 0 Å². The van der Waals surface area contributed by atoms with E-state index in [1.807, 2.05) is 0 Å². The van der Waals surface area contributed by atoms with Crippen LogP contribution in [0.3, 0.4) is 0 Å². The second-order valence-corrected chi connectivity index (χ2v) is 6.25. The number of carbonyl (C=O) groups is 1. The maximum atomic E-state index is 11.1. The van der Waals surface area contributed by atoms with Crippen molar-refractivity contribution in [3.05, 3.63) is 27.9 Å². The van der Waals surface area contributed by atoms with E-state index < -0.39 is 16.6 Å². The number of anilines is 1. The Hall–Kier alpha value is -2.18. The Morgan fingerprint density at radius 1 is 1.57 bits per heavy atom. The molecule has 7 heteroatoms. The Balaban J connectivity index is 2.19. The maximum Gasteiger partial charge on any atom is 0.342 e. The first-order valence-corrected chi connectivity index (χ1v) is 6.93. The highest BCUT2D eigenvalue weighted by atomic mass is 16.6. The van der Waals surface area contributed by atoms with Crippen molar-refractivity contribution in [3.8, 4) is 0 Å². The normalized spacial score (nSPS) is 20.8. The van der Waals surface area contributed by atoms with E-state index in [2.05, 4.69) is 24.1 Å². The topological polar surface area (TPSA) is 105 Å². The second kappa shape index (κ2) is 5.67. The Kier molecular flexibility index (Phi) is 4.11. The summed E-state index contributed by atoms with van der Waals surface area (Å²) in [5, 5.41) is 23.1. The molecule has 0 bridgehead atoms. The van der Waals surface area contributed by atoms with E-state index in [4.69, 9.17) is 5.11 Å². The molecule has 0 radical (unpaired) electrons. The number of aromatic nitrogens is 1. The van der Waals surface area contributed by atoms with Crippen LogP contribution < -0.4 is 5.32 Å². The molecule has 1 saturated carbocycles. The van der Waals surface area contributed by atoms with Gasteiger partial charge in [0.05, 0.1) is 4.92 Å². The third-order valence-corrected chi connectivity index (χ3v) is 3.87.